The van der Waals surface area contributed by atoms with Crippen LogP contribution in [0.5, 0.6) is 0 Å². The number of rotatable bonds is 6. The van der Waals surface area contributed by atoms with E-state index in [0.717, 1.165) is 33.5 Å². The smallest absolute Gasteiger partial charge is 0.125 e. The maximum atomic E-state index is 8.88. The zero-order valence-electron chi connectivity index (χ0n) is 10.7. The zero-order chi connectivity index (χ0) is 13.7. The van der Waals surface area contributed by atoms with Crippen molar-refractivity contribution >= 4 is 34.7 Å². The summed E-state index contributed by atoms with van der Waals surface area (Å²) in [5.41, 5.74) is 2.07. The lowest BCUT2D eigenvalue weighted by molar-refractivity contribution is 0.289. The van der Waals surface area contributed by atoms with Gasteiger partial charge in [-0.3, -0.25) is 0 Å². The maximum Gasteiger partial charge on any atom is 0.125 e. The molecule has 0 spiro atoms. The third kappa shape index (κ3) is 4.21. The monoisotopic (exact) mass is 313 g/mol. The van der Waals surface area contributed by atoms with E-state index < -0.39 is 0 Å². The second kappa shape index (κ2) is 7.29. The van der Waals surface area contributed by atoms with Crippen LogP contribution in [0.4, 0.5) is 0 Å². The van der Waals surface area contributed by atoms with Crippen LogP contribution in [-0.4, -0.2) is 21.9 Å². The SMILES string of the molecule is CC(CCO)SCc1csc(-c2ccccc2Cl)n1. The lowest BCUT2D eigenvalue weighted by atomic mass is 10.2. The van der Waals surface area contributed by atoms with Gasteiger partial charge in [-0.05, 0) is 12.5 Å². The minimum atomic E-state index is 0.246. The highest BCUT2D eigenvalue weighted by Crippen LogP contribution is 2.31. The van der Waals surface area contributed by atoms with Gasteiger partial charge in [-0.15, -0.1) is 11.3 Å². The van der Waals surface area contributed by atoms with E-state index in [4.69, 9.17) is 16.7 Å². The summed E-state index contributed by atoms with van der Waals surface area (Å²) in [5.74, 6) is 0.877. The molecule has 2 rings (SSSR count). The summed E-state index contributed by atoms with van der Waals surface area (Å²) < 4.78 is 0. The molecule has 1 aromatic carbocycles. The van der Waals surface area contributed by atoms with Gasteiger partial charge < -0.3 is 5.11 Å². The van der Waals surface area contributed by atoms with Crippen LogP contribution in [0.2, 0.25) is 5.02 Å². The van der Waals surface area contributed by atoms with E-state index in [2.05, 4.69) is 17.3 Å². The fourth-order valence-corrected chi connectivity index (χ4v) is 3.75. The number of aliphatic hydroxyl groups excluding tert-OH is 1. The Morgan fingerprint density at radius 3 is 2.95 bits per heavy atom. The molecule has 1 unspecified atom stereocenters. The van der Waals surface area contributed by atoms with Crippen molar-refractivity contribution in [1.82, 2.24) is 4.98 Å². The highest BCUT2D eigenvalue weighted by atomic mass is 35.5. The molecule has 2 aromatic rings. The summed E-state index contributed by atoms with van der Waals surface area (Å²) >= 11 is 9.61. The summed E-state index contributed by atoms with van der Waals surface area (Å²) in [7, 11) is 0. The van der Waals surface area contributed by atoms with Gasteiger partial charge in [0.2, 0.25) is 0 Å². The van der Waals surface area contributed by atoms with E-state index in [1.165, 1.54) is 0 Å². The molecule has 0 aliphatic rings. The molecule has 0 aliphatic carbocycles. The van der Waals surface area contributed by atoms with Crippen LogP contribution >= 0.6 is 34.7 Å². The predicted molar refractivity (Wildman–Crippen MR) is 85.0 cm³/mol. The Hall–Kier alpha value is -0.550. The molecule has 0 aliphatic heterocycles. The van der Waals surface area contributed by atoms with Crippen LogP contribution < -0.4 is 0 Å². The van der Waals surface area contributed by atoms with Gasteiger partial charge in [0, 0.05) is 28.6 Å². The lowest BCUT2D eigenvalue weighted by Gasteiger charge is -2.07. The molecule has 2 nitrogen and oxygen atoms in total. The van der Waals surface area contributed by atoms with E-state index in [9.17, 15) is 0 Å². The second-order valence-electron chi connectivity index (χ2n) is 4.26. The molecule has 0 amide bonds. The minimum Gasteiger partial charge on any atom is -0.396 e. The molecule has 1 aromatic heterocycles. The van der Waals surface area contributed by atoms with E-state index in [-0.39, 0.29) is 6.61 Å². The van der Waals surface area contributed by atoms with Gasteiger partial charge in [0.25, 0.3) is 0 Å². The highest BCUT2D eigenvalue weighted by molar-refractivity contribution is 7.99. The Kier molecular flexibility index (Phi) is 5.70. The van der Waals surface area contributed by atoms with Gasteiger partial charge in [0.1, 0.15) is 5.01 Å². The van der Waals surface area contributed by atoms with Crippen molar-refractivity contribution in [2.75, 3.05) is 6.61 Å². The Morgan fingerprint density at radius 1 is 1.42 bits per heavy atom. The Bertz CT molecular complexity index is 530. The van der Waals surface area contributed by atoms with Crippen molar-refractivity contribution in [2.24, 2.45) is 0 Å². The van der Waals surface area contributed by atoms with E-state index >= 15 is 0 Å². The van der Waals surface area contributed by atoms with Crippen LogP contribution in [0.15, 0.2) is 29.6 Å². The Labute approximate surface area is 126 Å². The topological polar surface area (TPSA) is 33.1 Å². The molecule has 1 N–H and O–H groups in total. The minimum absolute atomic E-state index is 0.246. The number of hydrogen-bond acceptors (Lipinski definition) is 4. The number of hydrogen-bond donors (Lipinski definition) is 1. The quantitative estimate of drug-likeness (QED) is 0.854. The summed E-state index contributed by atoms with van der Waals surface area (Å²) in [5, 5.41) is 13.1. The molecule has 5 heteroatoms. The van der Waals surface area contributed by atoms with Gasteiger partial charge in [0.05, 0.1) is 10.7 Å². The van der Waals surface area contributed by atoms with Gasteiger partial charge in [-0.1, -0.05) is 36.7 Å². The standard InChI is InChI=1S/C14H16ClNOS2/c1-10(6-7-17)18-8-11-9-19-14(16-11)12-4-2-3-5-13(12)15/h2-5,9-10,17H,6-8H2,1H3. The van der Waals surface area contributed by atoms with Crippen LogP contribution in [0, 0.1) is 0 Å². The molecule has 19 heavy (non-hydrogen) atoms. The van der Waals surface area contributed by atoms with Crippen molar-refractivity contribution in [3.05, 3.63) is 40.4 Å². The average Bonchev–Trinajstić information content (AvgIpc) is 2.86. The zero-order valence-corrected chi connectivity index (χ0v) is 13.1. The van der Waals surface area contributed by atoms with Gasteiger partial charge in [-0.25, -0.2) is 4.98 Å². The first-order valence-electron chi connectivity index (χ1n) is 6.12. The van der Waals surface area contributed by atoms with Crippen LogP contribution in [-0.2, 0) is 5.75 Å². The highest BCUT2D eigenvalue weighted by Gasteiger charge is 2.09. The fraction of sp³-hybridized carbons (Fsp3) is 0.357. The number of benzene rings is 1. The molecule has 0 fully saturated rings. The molecule has 1 heterocycles. The second-order valence-corrected chi connectivity index (χ2v) is 6.95. The molecule has 0 saturated carbocycles. The van der Waals surface area contributed by atoms with Crippen molar-refractivity contribution in [2.45, 2.75) is 24.3 Å². The van der Waals surface area contributed by atoms with Crippen molar-refractivity contribution in [3.8, 4) is 10.6 Å². The van der Waals surface area contributed by atoms with Gasteiger partial charge >= 0.3 is 0 Å². The predicted octanol–water partition coefficient (Wildman–Crippen LogP) is 4.47. The first-order chi connectivity index (χ1) is 9.20. The molecule has 1 atom stereocenters. The van der Waals surface area contributed by atoms with Crippen molar-refractivity contribution < 1.29 is 5.11 Å². The molecular weight excluding hydrogens is 298 g/mol. The summed E-state index contributed by atoms with van der Waals surface area (Å²) in [6, 6.07) is 7.77. The third-order valence-electron chi connectivity index (χ3n) is 2.71. The van der Waals surface area contributed by atoms with Gasteiger partial charge in [0.15, 0.2) is 0 Å². The Balaban J connectivity index is 2.02. The average molecular weight is 314 g/mol. The van der Waals surface area contributed by atoms with Crippen LogP contribution in [0.3, 0.4) is 0 Å². The van der Waals surface area contributed by atoms with Gasteiger partial charge in [-0.2, -0.15) is 11.8 Å². The number of thiazole rings is 1. The number of aromatic nitrogens is 1. The fourth-order valence-electron chi connectivity index (χ4n) is 1.62. The molecule has 0 bridgehead atoms. The van der Waals surface area contributed by atoms with Crippen molar-refractivity contribution in [1.29, 1.82) is 0 Å². The molecule has 0 radical (unpaired) electrons. The molecule has 102 valence electrons. The molecule has 0 saturated heterocycles. The summed E-state index contributed by atoms with van der Waals surface area (Å²) in [6.07, 6.45) is 0.826. The number of nitrogens with zero attached hydrogens (tertiary/aromatic N) is 1. The Morgan fingerprint density at radius 2 is 2.21 bits per heavy atom. The third-order valence-corrected chi connectivity index (χ3v) is 5.23. The van der Waals surface area contributed by atoms with E-state index in [0.29, 0.717) is 5.25 Å². The first-order valence-corrected chi connectivity index (χ1v) is 8.43. The summed E-state index contributed by atoms with van der Waals surface area (Å²) in [6.45, 7) is 2.37. The van der Waals surface area contributed by atoms with Crippen LogP contribution in [0.25, 0.3) is 10.6 Å². The maximum absolute atomic E-state index is 8.88. The summed E-state index contributed by atoms with van der Waals surface area (Å²) in [4.78, 5) is 4.62. The first kappa shape index (κ1) is 14.9. The van der Waals surface area contributed by atoms with Crippen LogP contribution in [0.1, 0.15) is 19.0 Å². The molecular formula is C14H16ClNOS2. The number of halogens is 1. The number of aliphatic hydroxyl groups is 1. The lowest BCUT2D eigenvalue weighted by Crippen LogP contribution is -1.99. The van der Waals surface area contributed by atoms with E-state index in [1.807, 2.05) is 36.0 Å². The number of thioether (sulfide) groups is 1. The normalized spacial score (nSPS) is 12.6. The van der Waals surface area contributed by atoms with Crippen molar-refractivity contribution in [3.63, 3.8) is 0 Å². The van der Waals surface area contributed by atoms with E-state index in [1.54, 1.807) is 11.3 Å². The largest absolute Gasteiger partial charge is 0.396 e.